The van der Waals surface area contributed by atoms with E-state index in [1.165, 1.54) is 61.4 Å². The third kappa shape index (κ3) is 4.23. The molecule has 0 saturated heterocycles. The van der Waals surface area contributed by atoms with Gasteiger partial charge in [0.15, 0.2) is 5.16 Å². The monoisotopic (exact) mass is 452 g/mol. The number of aryl methyl sites for hydroxylation is 2. The summed E-state index contributed by atoms with van der Waals surface area (Å²) in [7, 11) is 2.07. The van der Waals surface area contributed by atoms with Crippen molar-refractivity contribution in [2.24, 2.45) is 30.2 Å². The highest BCUT2D eigenvalue weighted by atomic mass is 32.2. The number of hydrogen-bond acceptors (Lipinski definition) is 4. The molecule has 4 saturated carbocycles. The minimum atomic E-state index is 0.0243. The number of carbonyl (C=O) groups excluding carboxylic acids is 1. The Balaban J connectivity index is 1.22. The molecular formula is C26H36N4OS. The van der Waals surface area contributed by atoms with Gasteiger partial charge in [0, 0.05) is 19.2 Å². The molecule has 4 fully saturated rings. The maximum absolute atomic E-state index is 12.7. The second-order valence-electron chi connectivity index (χ2n) is 10.5. The first-order valence-corrected chi connectivity index (χ1v) is 13.4. The van der Waals surface area contributed by atoms with Crippen LogP contribution in [0.3, 0.4) is 0 Å². The summed E-state index contributed by atoms with van der Waals surface area (Å²) in [5, 5.41) is 13.0. The van der Waals surface area contributed by atoms with E-state index in [1.807, 2.05) is 0 Å². The normalized spacial score (nSPS) is 28.3. The van der Waals surface area contributed by atoms with Gasteiger partial charge in [0.1, 0.15) is 5.82 Å². The van der Waals surface area contributed by atoms with Crippen LogP contribution in [0.5, 0.6) is 0 Å². The van der Waals surface area contributed by atoms with Gasteiger partial charge in [-0.3, -0.25) is 4.79 Å². The van der Waals surface area contributed by atoms with E-state index in [-0.39, 0.29) is 5.91 Å². The lowest BCUT2D eigenvalue weighted by molar-refractivity contribution is -0.113. The zero-order valence-corrected chi connectivity index (χ0v) is 20.5. The summed E-state index contributed by atoms with van der Waals surface area (Å²) in [5.41, 5.74) is 3.83. The number of rotatable bonds is 8. The van der Waals surface area contributed by atoms with Crippen molar-refractivity contribution < 1.29 is 4.79 Å². The number of thioether (sulfide) groups is 1. The highest BCUT2D eigenvalue weighted by Gasteiger charge is 2.51. The molecule has 0 unspecified atom stereocenters. The van der Waals surface area contributed by atoms with Gasteiger partial charge >= 0.3 is 0 Å². The molecule has 172 valence electrons. The Labute approximate surface area is 196 Å². The van der Waals surface area contributed by atoms with E-state index < -0.39 is 0 Å². The second-order valence-corrected chi connectivity index (χ2v) is 11.5. The minimum Gasteiger partial charge on any atom is -0.325 e. The summed E-state index contributed by atoms with van der Waals surface area (Å²) < 4.78 is 2.13. The smallest absolute Gasteiger partial charge is 0.234 e. The number of para-hydroxylation sites is 1. The van der Waals surface area contributed by atoms with Crippen molar-refractivity contribution in [2.75, 3.05) is 11.1 Å². The van der Waals surface area contributed by atoms with Crippen LogP contribution >= 0.6 is 11.8 Å². The summed E-state index contributed by atoms with van der Waals surface area (Å²) in [6.45, 7) is 4.26. The highest BCUT2D eigenvalue weighted by Crippen LogP contribution is 2.60. The third-order valence-electron chi connectivity index (χ3n) is 8.22. The second kappa shape index (κ2) is 8.85. The fourth-order valence-electron chi connectivity index (χ4n) is 7.18. The molecule has 4 bridgehead atoms. The SMILES string of the molecule is CCc1cccc(CC)c1NC(=O)CSc1nnc(CC23CC4CC(CC(C4)C2)C3)n1C. The van der Waals surface area contributed by atoms with Crippen molar-refractivity contribution in [3.63, 3.8) is 0 Å². The van der Waals surface area contributed by atoms with E-state index in [4.69, 9.17) is 0 Å². The summed E-state index contributed by atoms with van der Waals surface area (Å²) in [6, 6.07) is 6.27. The van der Waals surface area contributed by atoms with Crippen molar-refractivity contribution in [2.45, 2.75) is 76.8 Å². The molecule has 6 heteroatoms. The van der Waals surface area contributed by atoms with Crippen LogP contribution < -0.4 is 5.32 Å². The Morgan fingerprint density at radius 1 is 1.06 bits per heavy atom. The van der Waals surface area contributed by atoms with Crippen molar-refractivity contribution in [1.29, 1.82) is 0 Å². The predicted octanol–water partition coefficient (Wildman–Crippen LogP) is 5.43. The average Bonchev–Trinajstić information content (AvgIpc) is 3.10. The molecule has 1 aromatic heterocycles. The summed E-state index contributed by atoms with van der Waals surface area (Å²) >= 11 is 1.49. The van der Waals surface area contributed by atoms with Gasteiger partial charge < -0.3 is 9.88 Å². The van der Waals surface area contributed by atoms with Crippen LogP contribution in [0, 0.1) is 23.2 Å². The molecule has 1 N–H and O–H groups in total. The number of anilines is 1. The molecule has 6 rings (SSSR count). The molecule has 32 heavy (non-hydrogen) atoms. The van der Waals surface area contributed by atoms with Crippen LogP contribution in [0.1, 0.15) is 69.3 Å². The molecule has 1 amide bonds. The van der Waals surface area contributed by atoms with Crippen molar-refractivity contribution >= 4 is 23.4 Å². The van der Waals surface area contributed by atoms with E-state index in [1.54, 1.807) is 0 Å². The van der Waals surface area contributed by atoms with E-state index in [9.17, 15) is 4.79 Å². The zero-order valence-electron chi connectivity index (χ0n) is 19.7. The number of benzene rings is 1. The van der Waals surface area contributed by atoms with Gasteiger partial charge in [0.2, 0.25) is 5.91 Å². The number of nitrogens with zero attached hydrogens (tertiary/aromatic N) is 3. The highest BCUT2D eigenvalue weighted by molar-refractivity contribution is 7.99. The molecule has 2 aromatic rings. The van der Waals surface area contributed by atoms with E-state index >= 15 is 0 Å². The molecular weight excluding hydrogens is 416 g/mol. The van der Waals surface area contributed by atoms with Gasteiger partial charge in [-0.1, -0.05) is 43.8 Å². The van der Waals surface area contributed by atoms with Gasteiger partial charge in [0.05, 0.1) is 5.75 Å². The van der Waals surface area contributed by atoms with Crippen LogP contribution in [-0.4, -0.2) is 26.4 Å². The van der Waals surface area contributed by atoms with Gasteiger partial charge in [-0.2, -0.15) is 0 Å². The van der Waals surface area contributed by atoms with E-state index in [0.29, 0.717) is 11.2 Å². The number of amides is 1. The van der Waals surface area contributed by atoms with Gasteiger partial charge in [-0.05, 0) is 85.7 Å². The number of aromatic nitrogens is 3. The quantitative estimate of drug-likeness (QED) is 0.543. The van der Waals surface area contributed by atoms with Crippen LogP contribution in [0.15, 0.2) is 23.4 Å². The Morgan fingerprint density at radius 2 is 1.66 bits per heavy atom. The predicted molar refractivity (Wildman–Crippen MR) is 130 cm³/mol. The first-order chi connectivity index (χ1) is 15.5. The lowest BCUT2D eigenvalue weighted by Crippen LogP contribution is -2.47. The maximum Gasteiger partial charge on any atom is 0.234 e. The van der Waals surface area contributed by atoms with Gasteiger partial charge in [-0.15, -0.1) is 10.2 Å². The Kier molecular flexibility index (Phi) is 6.08. The van der Waals surface area contributed by atoms with Crippen LogP contribution in [0.2, 0.25) is 0 Å². The summed E-state index contributed by atoms with van der Waals surface area (Å²) in [5.74, 6) is 4.32. The van der Waals surface area contributed by atoms with Crippen molar-refractivity contribution in [3.8, 4) is 0 Å². The number of carbonyl (C=O) groups is 1. The van der Waals surface area contributed by atoms with Crippen LogP contribution in [0.25, 0.3) is 0 Å². The zero-order chi connectivity index (χ0) is 22.3. The standard InChI is InChI=1S/C26H36N4OS/c1-4-20-7-6-8-21(5-2)24(20)27-23(31)16-32-25-29-28-22(30(25)3)15-26-12-17-9-18(13-26)11-19(10-17)14-26/h6-8,17-19H,4-5,9-16H2,1-3H3,(H,27,31). The first kappa shape index (κ1) is 22.0. The van der Waals surface area contributed by atoms with Crippen LogP contribution in [-0.2, 0) is 31.1 Å². The molecule has 0 radical (unpaired) electrons. The molecule has 1 heterocycles. The fourth-order valence-corrected chi connectivity index (χ4v) is 7.91. The van der Waals surface area contributed by atoms with Crippen molar-refractivity contribution in [3.05, 3.63) is 35.2 Å². The Hall–Kier alpha value is -1.82. The average molecular weight is 453 g/mol. The molecule has 1 aromatic carbocycles. The molecule has 0 spiro atoms. The lowest BCUT2D eigenvalue weighted by atomic mass is 9.49. The topological polar surface area (TPSA) is 59.8 Å². The Morgan fingerprint density at radius 3 is 2.22 bits per heavy atom. The van der Waals surface area contributed by atoms with Crippen molar-refractivity contribution in [1.82, 2.24) is 14.8 Å². The maximum atomic E-state index is 12.7. The van der Waals surface area contributed by atoms with Crippen LogP contribution in [0.4, 0.5) is 5.69 Å². The molecule has 4 aliphatic carbocycles. The first-order valence-electron chi connectivity index (χ1n) is 12.4. The molecule has 0 atom stereocenters. The molecule has 0 aliphatic heterocycles. The van der Waals surface area contributed by atoms with Gasteiger partial charge in [0.25, 0.3) is 0 Å². The largest absolute Gasteiger partial charge is 0.325 e. The van der Waals surface area contributed by atoms with Gasteiger partial charge in [-0.25, -0.2) is 0 Å². The number of hydrogen-bond donors (Lipinski definition) is 1. The molecule has 4 aliphatic rings. The lowest BCUT2D eigenvalue weighted by Gasteiger charge is -2.56. The third-order valence-corrected chi connectivity index (χ3v) is 9.24. The summed E-state index contributed by atoms with van der Waals surface area (Å²) in [6.07, 6.45) is 11.4. The minimum absolute atomic E-state index is 0.0243. The van der Waals surface area contributed by atoms with E-state index in [0.717, 1.165) is 53.7 Å². The Bertz CT molecular complexity index is 940. The fraction of sp³-hybridized carbons (Fsp3) is 0.654. The van der Waals surface area contributed by atoms with E-state index in [2.05, 4.69) is 59.2 Å². The molecule has 5 nitrogen and oxygen atoms in total. The summed E-state index contributed by atoms with van der Waals surface area (Å²) in [4.78, 5) is 12.7. The number of nitrogens with one attached hydrogen (secondary N) is 1.